The lowest BCUT2D eigenvalue weighted by atomic mass is 10.0. The molecule has 0 bridgehead atoms. The van der Waals surface area contributed by atoms with Gasteiger partial charge in [-0.1, -0.05) is 37.3 Å². The number of benzene rings is 1. The van der Waals surface area contributed by atoms with Gasteiger partial charge in [-0.25, -0.2) is 0 Å². The van der Waals surface area contributed by atoms with E-state index in [0.717, 1.165) is 12.8 Å². The van der Waals surface area contributed by atoms with Crippen molar-refractivity contribution >= 4 is 0 Å². The molecule has 2 atom stereocenters. The van der Waals surface area contributed by atoms with Crippen LogP contribution in [0.3, 0.4) is 0 Å². The van der Waals surface area contributed by atoms with Gasteiger partial charge < -0.3 is 15.2 Å². The Labute approximate surface area is 103 Å². The molecule has 0 amide bonds. The Bertz CT molecular complexity index is 333. The molecule has 2 N–H and O–H groups in total. The van der Waals surface area contributed by atoms with Crippen LogP contribution in [0.4, 0.5) is 0 Å². The number of rotatable bonds is 5. The standard InChI is InChI=1S/C14H21NO2/c1-2-13(12-6-4-3-5-7-12)15-10-14(16)8-9-17-11-14/h3-7,13,15-16H,2,8-11H2,1H3. The number of nitrogens with one attached hydrogen (secondary N) is 1. The average Bonchev–Trinajstić information content (AvgIpc) is 2.79. The topological polar surface area (TPSA) is 41.5 Å². The predicted octanol–water partition coefficient (Wildman–Crippen LogP) is 1.88. The van der Waals surface area contributed by atoms with Crippen LogP contribution in [0.15, 0.2) is 30.3 Å². The molecule has 0 aliphatic carbocycles. The highest BCUT2D eigenvalue weighted by Gasteiger charge is 2.32. The molecule has 1 fully saturated rings. The molecule has 1 aliphatic rings. The average molecular weight is 235 g/mol. The Morgan fingerprint density at radius 1 is 1.41 bits per heavy atom. The molecule has 2 unspecified atom stereocenters. The molecule has 1 heterocycles. The van der Waals surface area contributed by atoms with Crippen molar-refractivity contribution < 1.29 is 9.84 Å². The summed E-state index contributed by atoms with van der Waals surface area (Å²) in [7, 11) is 0. The first-order valence-corrected chi connectivity index (χ1v) is 6.32. The van der Waals surface area contributed by atoms with Gasteiger partial charge in [0.1, 0.15) is 5.60 Å². The van der Waals surface area contributed by atoms with Crippen molar-refractivity contribution in [3.63, 3.8) is 0 Å². The van der Waals surface area contributed by atoms with Crippen LogP contribution < -0.4 is 5.32 Å². The maximum Gasteiger partial charge on any atom is 0.103 e. The maximum atomic E-state index is 10.2. The summed E-state index contributed by atoms with van der Waals surface area (Å²) in [6.07, 6.45) is 1.74. The second-order valence-corrected chi connectivity index (χ2v) is 4.78. The molecular formula is C14H21NO2. The molecule has 0 spiro atoms. The van der Waals surface area contributed by atoms with E-state index < -0.39 is 5.60 Å². The van der Waals surface area contributed by atoms with Crippen LogP contribution in [-0.2, 0) is 4.74 Å². The largest absolute Gasteiger partial charge is 0.386 e. The summed E-state index contributed by atoms with van der Waals surface area (Å²) in [6.45, 7) is 3.87. The molecular weight excluding hydrogens is 214 g/mol. The third-order valence-electron chi connectivity index (χ3n) is 3.37. The van der Waals surface area contributed by atoms with Crippen molar-refractivity contribution in [1.29, 1.82) is 0 Å². The van der Waals surface area contributed by atoms with Crippen molar-refractivity contribution in [1.82, 2.24) is 5.32 Å². The quantitative estimate of drug-likeness (QED) is 0.818. The molecule has 0 saturated carbocycles. The highest BCUT2D eigenvalue weighted by atomic mass is 16.5. The summed E-state index contributed by atoms with van der Waals surface area (Å²) in [5.74, 6) is 0. The van der Waals surface area contributed by atoms with E-state index in [1.165, 1.54) is 5.56 Å². The third kappa shape index (κ3) is 3.28. The van der Waals surface area contributed by atoms with Gasteiger partial charge in [0.15, 0.2) is 0 Å². The normalized spacial score (nSPS) is 26.0. The maximum absolute atomic E-state index is 10.2. The molecule has 0 aromatic heterocycles. The van der Waals surface area contributed by atoms with Gasteiger partial charge in [-0.05, 0) is 12.0 Å². The summed E-state index contributed by atoms with van der Waals surface area (Å²) >= 11 is 0. The minimum absolute atomic E-state index is 0.306. The van der Waals surface area contributed by atoms with Gasteiger partial charge in [-0.2, -0.15) is 0 Å². The van der Waals surface area contributed by atoms with E-state index in [-0.39, 0.29) is 0 Å². The Balaban J connectivity index is 1.92. The molecule has 0 radical (unpaired) electrons. The molecule has 1 aromatic carbocycles. The van der Waals surface area contributed by atoms with E-state index in [1.807, 2.05) is 18.2 Å². The highest BCUT2D eigenvalue weighted by Crippen LogP contribution is 2.21. The summed E-state index contributed by atoms with van der Waals surface area (Å²) in [6, 6.07) is 10.7. The Morgan fingerprint density at radius 3 is 2.76 bits per heavy atom. The smallest absolute Gasteiger partial charge is 0.103 e. The fourth-order valence-corrected chi connectivity index (χ4v) is 2.23. The summed E-state index contributed by atoms with van der Waals surface area (Å²) < 4.78 is 5.24. The van der Waals surface area contributed by atoms with Gasteiger partial charge in [0.25, 0.3) is 0 Å². The van der Waals surface area contributed by atoms with Crippen molar-refractivity contribution in [2.24, 2.45) is 0 Å². The van der Waals surface area contributed by atoms with Crippen molar-refractivity contribution in [2.45, 2.75) is 31.4 Å². The van der Waals surface area contributed by atoms with Crippen molar-refractivity contribution in [2.75, 3.05) is 19.8 Å². The van der Waals surface area contributed by atoms with Crippen LogP contribution in [0.2, 0.25) is 0 Å². The monoisotopic (exact) mass is 235 g/mol. The number of hydrogen-bond acceptors (Lipinski definition) is 3. The first-order chi connectivity index (χ1) is 8.23. The van der Waals surface area contributed by atoms with Crippen LogP contribution in [-0.4, -0.2) is 30.5 Å². The lowest BCUT2D eigenvalue weighted by Crippen LogP contribution is -2.42. The van der Waals surface area contributed by atoms with Crippen molar-refractivity contribution in [3.05, 3.63) is 35.9 Å². The minimum Gasteiger partial charge on any atom is -0.386 e. The third-order valence-corrected chi connectivity index (χ3v) is 3.37. The van der Waals surface area contributed by atoms with Crippen LogP contribution in [0, 0.1) is 0 Å². The molecule has 94 valence electrons. The van der Waals surface area contributed by atoms with E-state index >= 15 is 0 Å². The molecule has 1 aliphatic heterocycles. The van der Waals surface area contributed by atoms with Gasteiger partial charge >= 0.3 is 0 Å². The SMILES string of the molecule is CCC(NCC1(O)CCOC1)c1ccccc1. The summed E-state index contributed by atoms with van der Waals surface area (Å²) in [5.41, 5.74) is 0.597. The van der Waals surface area contributed by atoms with E-state index in [1.54, 1.807) is 0 Å². The summed E-state index contributed by atoms with van der Waals surface area (Å²) in [4.78, 5) is 0. The second-order valence-electron chi connectivity index (χ2n) is 4.78. The lowest BCUT2D eigenvalue weighted by Gasteiger charge is -2.25. The van der Waals surface area contributed by atoms with Crippen LogP contribution in [0.25, 0.3) is 0 Å². The Morgan fingerprint density at radius 2 is 2.18 bits per heavy atom. The molecule has 3 nitrogen and oxygen atoms in total. The first-order valence-electron chi connectivity index (χ1n) is 6.32. The zero-order valence-corrected chi connectivity index (χ0v) is 10.4. The zero-order valence-electron chi connectivity index (χ0n) is 10.4. The lowest BCUT2D eigenvalue weighted by molar-refractivity contribution is 0.0246. The molecule has 3 heteroatoms. The second kappa shape index (κ2) is 5.63. The minimum atomic E-state index is -0.678. The molecule has 17 heavy (non-hydrogen) atoms. The molecule has 1 saturated heterocycles. The van der Waals surface area contributed by atoms with E-state index in [4.69, 9.17) is 4.74 Å². The molecule has 2 rings (SSSR count). The molecule has 1 aromatic rings. The van der Waals surface area contributed by atoms with Gasteiger partial charge in [-0.3, -0.25) is 0 Å². The van der Waals surface area contributed by atoms with Gasteiger partial charge in [0, 0.05) is 25.6 Å². The number of hydrogen-bond donors (Lipinski definition) is 2. The van der Waals surface area contributed by atoms with Gasteiger partial charge in [-0.15, -0.1) is 0 Å². The van der Waals surface area contributed by atoms with Crippen molar-refractivity contribution in [3.8, 4) is 0 Å². The number of aliphatic hydroxyl groups is 1. The van der Waals surface area contributed by atoms with Crippen LogP contribution >= 0.6 is 0 Å². The number of ether oxygens (including phenoxy) is 1. The van der Waals surface area contributed by atoms with Gasteiger partial charge in [0.2, 0.25) is 0 Å². The Kier molecular flexibility index (Phi) is 4.15. The fraction of sp³-hybridized carbons (Fsp3) is 0.571. The van der Waals surface area contributed by atoms with Gasteiger partial charge in [0.05, 0.1) is 6.61 Å². The fourth-order valence-electron chi connectivity index (χ4n) is 2.23. The van der Waals surface area contributed by atoms with Crippen LogP contribution in [0.1, 0.15) is 31.4 Å². The van der Waals surface area contributed by atoms with E-state index in [2.05, 4.69) is 24.4 Å². The Hall–Kier alpha value is -0.900. The first kappa shape index (κ1) is 12.6. The predicted molar refractivity (Wildman–Crippen MR) is 67.9 cm³/mol. The summed E-state index contributed by atoms with van der Waals surface area (Å²) in [5, 5.41) is 13.6. The zero-order chi connectivity index (χ0) is 12.1. The highest BCUT2D eigenvalue weighted by molar-refractivity contribution is 5.18. The van der Waals surface area contributed by atoms with E-state index in [9.17, 15) is 5.11 Å². The van der Waals surface area contributed by atoms with E-state index in [0.29, 0.717) is 25.8 Å². The van der Waals surface area contributed by atoms with Crippen LogP contribution in [0.5, 0.6) is 0 Å².